The maximum absolute atomic E-state index is 12.8. The van der Waals surface area contributed by atoms with Gasteiger partial charge in [0, 0.05) is 36.9 Å². The van der Waals surface area contributed by atoms with E-state index >= 15 is 0 Å². The Morgan fingerprint density at radius 3 is 2.86 bits per heavy atom. The molecule has 0 saturated carbocycles. The van der Waals surface area contributed by atoms with Crippen LogP contribution in [0.3, 0.4) is 0 Å². The Hall–Kier alpha value is -2.19. The van der Waals surface area contributed by atoms with Crippen LogP contribution in [0.25, 0.3) is 0 Å². The van der Waals surface area contributed by atoms with Crippen LogP contribution in [0.2, 0.25) is 10.0 Å². The van der Waals surface area contributed by atoms with Gasteiger partial charge < -0.3 is 10.2 Å². The van der Waals surface area contributed by atoms with Crippen molar-refractivity contribution in [1.82, 2.24) is 19.8 Å². The van der Waals surface area contributed by atoms with Crippen molar-refractivity contribution in [3.8, 4) is 0 Å². The summed E-state index contributed by atoms with van der Waals surface area (Å²) in [6, 6.07) is 3.95. The zero-order valence-electron chi connectivity index (χ0n) is 14.7. The van der Waals surface area contributed by atoms with Crippen molar-refractivity contribution >= 4 is 35.0 Å². The number of rotatable bonds is 6. The summed E-state index contributed by atoms with van der Waals surface area (Å²) in [5.74, 6) is -0.516. The fourth-order valence-corrected chi connectivity index (χ4v) is 3.60. The van der Waals surface area contributed by atoms with Gasteiger partial charge in [0.15, 0.2) is 0 Å². The summed E-state index contributed by atoms with van der Waals surface area (Å²) in [5, 5.41) is 3.34. The highest BCUT2D eigenvalue weighted by Gasteiger charge is 2.35. The van der Waals surface area contributed by atoms with Crippen LogP contribution in [-0.4, -0.2) is 45.4 Å². The molecule has 150 valence electrons. The van der Waals surface area contributed by atoms with Crippen molar-refractivity contribution < 1.29 is 18.4 Å². The number of hydrogen-bond acceptors (Lipinski definition) is 3. The Labute approximate surface area is 170 Å². The number of amides is 2. The Balaban J connectivity index is 1.62. The average molecular weight is 431 g/mol. The minimum absolute atomic E-state index is 0.138. The highest BCUT2D eigenvalue weighted by Crippen LogP contribution is 2.26. The van der Waals surface area contributed by atoms with Crippen LogP contribution in [0.1, 0.15) is 35.6 Å². The summed E-state index contributed by atoms with van der Waals surface area (Å²) < 4.78 is 26.4. The van der Waals surface area contributed by atoms with E-state index in [-0.39, 0.29) is 41.2 Å². The van der Waals surface area contributed by atoms with E-state index < -0.39 is 12.6 Å². The van der Waals surface area contributed by atoms with Gasteiger partial charge in [-0.3, -0.25) is 14.2 Å². The predicted molar refractivity (Wildman–Crippen MR) is 101 cm³/mol. The Morgan fingerprint density at radius 2 is 2.11 bits per heavy atom. The summed E-state index contributed by atoms with van der Waals surface area (Å²) in [5.41, 5.74) is 0.243. The van der Waals surface area contributed by atoms with Gasteiger partial charge in [-0.1, -0.05) is 23.2 Å². The third-order valence-corrected chi connectivity index (χ3v) is 5.15. The number of hydrogen-bond donors (Lipinski definition) is 1. The minimum atomic E-state index is -2.68. The quantitative estimate of drug-likeness (QED) is 0.761. The van der Waals surface area contributed by atoms with E-state index in [1.807, 2.05) is 0 Å². The van der Waals surface area contributed by atoms with Crippen LogP contribution in [0.4, 0.5) is 8.78 Å². The van der Waals surface area contributed by atoms with Gasteiger partial charge in [-0.05, 0) is 31.0 Å². The van der Waals surface area contributed by atoms with Crippen LogP contribution in [0, 0.1) is 0 Å². The zero-order valence-corrected chi connectivity index (χ0v) is 16.3. The molecule has 0 aliphatic carbocycles. The number of halogens is 4. The summed E-state index contributed by atoms with van der Waals surface area (Å²) in [6.07, 6.45) is 3.83. The van der Waals surface area contributed by atoms with Crippen molar-refractivity contribution in [2.45, 2.75) is 31.9 Å². The molecule has 0 bridgehead atoms. The predicted octanol–water partition coefficient (Wildman–Crippen LogP) is 3.55. The van der Waals surface area contributed by atoms with E-state index in [1.165, 1.54) is 29.4 Å². The van der Waals surface area contributed by atoms with Crippen LogP contribution >= 0.6 is 23.2 Å². The molecule has 3 rings (SSSR count). The second-order valence-corrected chi connectivity index (χ2v) is 7.19. The summed E-state index contributed by atoms with van der Waals surface area (Å²) >= 11 is 12.0. The molecule has 2 aromatic rings. The summed E-state index contributed by atoms with van der Waals surface area (Å²) in [4.78, 5) is 30.7. The number of carbonyl (C=O) groups is 2. The molecule has 0 spiro atoms. The molecular weight excluding hydrogens is 413 g/mol. The van der Waals surface area contributed by atoms with Crippen LogP contribution in [-0.2, 0) is 11.2 Å². The first-order chi connectivity index (χ1) is 13.4. The molecule has 1 aliphatic heterocycles. The maximum atomic E-state index is 12.8. The molecule has 1 saturated heterocycles. The fourth-order valence-electron chi connectivity index (χ4n) is 3.23. The largest absolute Gasteiger partial charge is 0.354 e. The highest BCUT2D eigenvalue weighted by atomic mass is 35.5. The molecule has 1 N–H and O–H groups in total. The van der Waals surface area contributed by atoms with Gasteiger partial charge in [-0.25, -0.2) is 4.98 Å². The average Bonchev–Trinajstić information content (AvgIpc) is 3.32. The van der Waals surface area contributed by atoms with E-state index in [2.05, 4.69) is 10.3 Å². The second kappa shape index (κ2) is 8.87. The zero-order chi connectivity index (χ0) is 20.3. The number of alkyl halides is 2. The van der Waals surface area contributed by atoms with Gasteiger partial charge in [-0.15, -0.1) is 0 Å². The molecule has 28 heavy (non-hydrogen) atoms. The van der Waals surface area contributed by atoms with Gasteiger partial charge in [-0.2, -0.15) is 8.78 Å². The minimum Gasteiger partial charge on any atom is -0.354 e. The van der Waals surface area contributed by atoms with Crippen molar-refractivity contribution in [2.75, 3.05) is 13.1 Å². The molecule has 1 unspecified atom stereocenters. The standard InChI is InChI=1S/C18H18Cl2F2N4O2/c19-11-3-4-13(20)12(10-11)17(28)25-8-1-2-14(25)16(27)24-6-5-15-23-7-9-26(15)18(21)22/h3-4,7,9-10,14,18H,1-2,5-6,8H2,(H,24,27). The maximum Gasteiger partial charge on any atom is 0.319 e. The number of nitrogens with zero attached hydrogens (tertiary/aromatic N) is 3. The van der Waals surface area contributed by atoms with E-state index in [9.17, 15) is 18.4 Å². The Bertz CT molecular complexity index is 875. The molecular formula is C18H18Cl2F2N4O2. The number of imidazole rings is 1. The Kier molecular flexibility index (Phi) is 6.51. The lowest BCUT2D eigenvalue weighted by atomic mass is 10.1. The summed E-state index contributed by atoms with van der Waals surface area (Å²) in [7, 11) is 0. The topological polar surface area (TPSA) is 67.2 Å². The van der Waals surface area contributed by atoms with E-state index in [0.717, 1.165) is 4.57 Å². The third-order valence-electron chi connectivity index (χ3n) is 4.58. The van der Waals surface area contributed by atoms with Crippen molar-refractivity contribution in [3.05, 3.63) is 52.0 Å². The molecule has 10 heteroatoms. The molecule has 1 aromatic carbocycles. The second-order valence-electron chi connectivity index (χ2n) is 6.35. The number of likely N-dealkylation sites (tertiary alicyclic amines) is 1. The van der Waals surface area contributed by atoms with Gasteiger partial charge in [0.25, 0.3) is 5.91 Å². The van der Waals surface area contributed by atoms with Crippen LogP contribution in [0.15, 0.2) is 30.6 Å². The fraction of sp³-hybridized carbons (Fsp3) is 0.389. The normalized spacial score (nSPS) is 16.6. The lowest BCUT2D eigenvalue weighted by Gasteiger charge is -2.24. The first-order valence-electron chi connectivity index (χ1n) is 8.72. The molecule has 2 amide bonds. The van der Waals surface area contributed by atoms with Crippen molar-refractivity contribution in [3.63, 3.8) is 0 Å². The SMILES string of the molecule is O=C(NCCc1nccn1C(F)F)C1CCCN1C(=O)c1cc(Cl)ccc1Cl. The molecule has 6 nitrogen and oxygen atoms in total. The van der Waals surface area contributed by atoms with Crippen LogP contribution in [0.5, 0.6) is 0 Å². The molecule has 1 atom stereocenters. The Morgan fingerprint density at radius 1 is 1.32 bits per heavy atom. The first kappa shape index (κ1) is 20.5. The molecule has 0 radical (unpaired) electrons. The number of benzene rings is 1. The van der Waals surface area contributed by atoms with Crippen molar-refractivity contribution in [2.24, 2.45) is 0 Å². The monoisotopic (exact) mass is 430 g/mol. The van der Waals surface area contributed by atoms with Gasteiger partial charge in [0.2, 0.25) is 5.91 Å². The molecule has 2 heterocycles. The summed E-state index contributed by atoms with van der Waals surface area (Å²) in [6.45, 7) is -2.12. The highest BCUT2D eigenvalue weighted by molar-refractivity contribution is 6.35. The number of carbonyl (C=O) groups excluding carboxylic acids is 2. The van der Waals surface area contributed by atoms with Crippen LogP contribution < -0.4 is 5.32 Å². The van der Waals surface area contributed by atoms with Gasteiger partial charge in [0.1, 0.15) is 11.9 Å². The van der Waals surface area contributed by atoms with E-state index in [0.29, 0.717) is 24.4 Å². The first-order valence-corrected chi connectivity index (χ1v) is 9.47. The third kappa shape index (κ3) is 4.44. The smallest absolute Gasteiger partial charge is 0.319 e. The van der Waals surface area contributed by atoms with Gasteiger partial charge >= 0.3 is 6.55 Å². The molecule has 1 aromatic heterocycles. The van der Waals surface area contributed by atoms with Gasteiger partial charge in [0.05, 0.1) is 10.6 Å². The number of aromatic nitrogens is 2. The van der Waals surface area contributed by atoms with Crippen molar-refractivity contribution in [1.29, 1.82) is 0 Å². The lowest BCUT2D eigenvalue weighted by molar-refractivity contribution is -0.124. The van der Waals surface area contributed by atoms with E-state index in [1.54, 1.807) is 6.07 Å². The molecule has 1 fully saturated rings. The number of nitrogens with one attached hydrogen (secondary N) is 1. The molecule has 1 aliphatic rings. The van der Waals surface area contributed by atoms with E-state index in [4.69, 9.17) is 23.2 Å². The lowest BCUT2D eigenvalue weighted by Crippen LogP contribution is -2.46.